The number of aryl methyl sites for hydroxylation is 1. The van der Waals surface area contributed by atoms with Crippen molar-refractivity contribution in [3.05, 3.63) is 35.1 Å². The van der Waals surface area contributed by atoms with Gasteiger partial charge in [0.25, 0.3) is 0 Å². The second kappa shape index (κ2) is 4.56. The average molecular weight is 195 g/mol. The quantitative estimate of drug-likeness (QED) is 0.788. The molecule has 0 aliphatic heterocycles. The highest BCUT2D eigenvalue weighted by molar-refractivity contribution is 5.31. The normalized spacial score (nSPS) is 13.3. The molecule has 0 amide bonds. The van der Waals surface area contributed by atoms with Crippen molar-refractivity contribution >= 4 is 0 Å². The molecule has 1 aromatic carbocycles. The average Bonchev–Trinajstić information content (AvgIpc) is 2.16. The van der Waals surface area contributed by atoms with E-state index in [0.717, 1.165) is 12.0 Å². The Bertz CT molecular complexity index is 307. The number of nitrogens with two attached hydrogens (primary N) is 1. The first kappa shape index (κ1) is 11.2. The Kier molecular flexibility index (Phi) is 3.64. The number of hydrogen-bond acceptors (Lipinski definition) is 1. The lowest BCUT2D eigenvalue weighted by atomic mass is 9.91. The second-order valence-electron chi connectivity index (χ2n) is 3.94. The first-order valence-electron chi connectivity index (χ1n) is 5.10. The minimum atomic E-state index is -0.203. The lowest BCUT2D eigenvalue weighted by Gasteiger charge is -2.19. The molecule has 1 rings (SSSR count). The van der Waals surface area contributed by atoms with Gasteiger partial charge in [0.2, 0.25) is 0 Å². The SMILES string of the molecule is CCc1cccc(F)c1C(N)C(C)C. The summed E-state index contributed by atoms with van der Waals surface area (Å²) >= 11 is 0. The van der Waals surface area contributed by atoms with Crippen LogP contribution in [0.4, 0.5) is 4.39 Å². The van der Waals surface area contributed by atoms with Crippen molar-refractivity contribution in [1.29, 1.82) is 0 Å². The summed E-state index contributed by atoms with van der Waals surface area (Å²) in [4.78, 5) is 0. The Hall–Kier alpha value is -0.890. The maximum absolute atomic E-state index is 13.6. The minimum absolute atomic E-state index is 0.175. The Balaban J connectivity index is 3.16. The van der Waals surface area contributed by atoms with Gasteiger partial charge in [-0.25, -0.2) is 4.39 Å². The van der Waals surface area contributed by atoms with E-state index in [1.54, 1.807) is 6.07 Å². The van der Waals surface area contributed by atoms with E-state index in [4.69, 9.17) is 5.73 Å². The number of rotatable bonds is 3. The van der Waals surface area contributed by atoms with Crippen molar-refractivity contribution in [3.63, 3.8) is 0 Å². The van der Waals surface area contributed by atoms with Gasteiger partial charge in [0, 0.05) is 11.6 Å². The smallest absolute Gasteiger partial charge is 0.128 e. The van der Waals surface area contributed by atoms with E-state index in [2.05, 4.69) is 0 Å². The molecule has 2 N–H and O–H groups in total. The third-order valence-corrected chi connectivity index (χ3v) is 2.58. The van der Waals surface area contributed by atoms with Crippen LogP contribution in [0, 0.1) is 11.7 Å². The zero-order chi connectivity index (χ0) is 10.7. The highest BCUT2D eigenvalue weighted by atomic mass is 19.1. The van der Waals surface area contributed by atoms with Crippen molar-refractivity contribution < 1.29 is 4.39 Å². The molecule has 2 heteroatoms. The summed E-state index contributed by atoms with van der Waals surface area (Å²) in [6.07, 6.45) is 0.827. The van der Waals surface area contributed by atoms with Crippen LogP contribution in [0.25, 0.3) is 0 Å². The van der Waals surface area contributed by atoms with E-state index in [9.17, 15) is 4.39 Å². The zero-order valence-electron chi connectivity index (χ0n) is 9.05. The van der Waals surface area contributed by atoms with Crippen LogP contribution in [0.3, 0.4) is 0 Å². The molecule has 1 atom stereocenters. The highest BCUT2D eigenvalue weighted by Crippen LogP contribution is 2.25. The van der Waals surface area contributed by atoms with E-state index >= 15 is 0 Å². The molecule has 0 fully saturated rings. The van der Waals surface area contributed by atoms with Crippen LogP contribution in [0.5, 0.6) is 0 Å². The van der Waals surface area contributed by atoms with Gasteiger partial charge in [-0.1, -0.05) is 32.9 Å². The fraction of sp³-hybridized carbons (Fsp3) is 0.500. The molecule has 0 aliphatic carbocycles. The largest absolute Gasteiger partial charge is 0.324 e. The summed E-state index contributed by atoms with van der Waals surface area (Å²) in [5.74, 6) is 0.0859. The highest BCUT2D eigenvalue weighted by Gasteiger charge is 2.17. The Morgan fingerprint density at radius 1 is 1.36 bits per heavy atom. The minimum Gasteiger partial charge on any atom is -0.324 e. The summed E-state index contributed by atoms with van der Waals surface area (Å²) in [6.45, 7) is 6.04. The standard InChI is InChI=1S/C12H18FN/c1-4-9-6-5-7-10(13)11(9)12(14)8(2)3/h5-8,12H,4,14H2,1-3H3. The molecule has 0 aromatic heterocycles. The third-order valence-electron chi connectivity index (χ3n) is 2.58. The predicted molar refractivity (Wildman–Crippen MR) is 57.5 cm³/mol. The van der Waals surface area contributed by atoms with Gasteiger partial charge in [-0.3, -0.25) is 0 Å². The molecular weight excluding hydrogens is 177 g/mol. The van der Waals surface area contributed by atoms with Crippen molar-refractivity contribution in [1.82, 2.24) is 0 Å². The van der Waals surface area contributed by atoms with Crippen molar-refractivity contribution in [2.45, 2.75) is 33.2 Å². The van der Waals surface area contributed by atoms with Gasteiger partial charge < -0.3 is 5.73 Å². The molecule has 0 saturated carbocycles. The van der Waals surface area contributed by atoms with Gasteiger partial charge >= 0.3 is 0 Å². The zero-order valence-corrected chi connectivity index (χ0v) is 9.05. The lowest BCUT2D eigenvalue weighted by molar-refractivity contribution is 0.481. The van der Waals surface area contributed by atoms with Crippen LogP contribution in [0.2, 0.25) is 0 Å². The fourth-order valence-corrected chi connectivity index (χ4v) is 1.60. The van der Waals surface area contributed by atoms with E-state index in [1.165, 1.54) is 6.07 Å². The summed E-state index contributed by atoms with van der Waals surface area (Å²) in [5.41, 5.74) is 7.68. The molecular formula is C12H18FN. The van der Waals surface area contributed by atoms with Gasteiger partial charge in [0.15, 0.2) is 0 Å². The van der Waals surface area contributed by atoms with Crippen LogP contribution in [-0.4, -0.2) is 0 Å². The monoisotopic (exact) mass is 195 g/mol. The molecule has 1 aromatic rings. The molecule has 1 unspecified atom stereocenters. The summed E-state index contributed by atoms with van der Waals surface area (Å²) in [7, 11) is 0. The molecule has 0 saturated heterocycles. The topological polar surface area (TPSA) is 26.0 Å². The van der Waals surface area contributed by atoms with Crippen LogP contribution in [0.1, 0.15) is 37.9 Å². The van der Waals surface area contributed by atoms with E-state index in [-0.39, 0.29) is 17.8 Å². The Morgan fingerprint density at radius 2 is 2.00 bits per heavy atom. The molecule has 0 heterocycles. The number of benzene rings is 1. The Labute approximate surface area is 85.1 Å². The predicted octanol–water partition coefficient (Wildman–Crippen LogP) is 3.04. The molecule has 0 radical (unpaired) electrons. The molecule has 0 spiro atoms. The van der Waals surface area contributed by atoms with Gasteiger partial charge in [0.05, 0.1) is 0 Å². The number of hydrogen-bond donors (Lipinski definition) is 1. The van der Waals surface area contributed by atoms with Crippen molar-refractivity contribution in [2.75, 3.05) is 0 Å². The van der Waals surface area contributed by atoms with Crippen molar-refractivity contribution in [3.8, 4) is 0 Å². The van der Waals surface area contributed by atoms with Gasteiger partial charge in [-0.2, -0.15) is 0 Å². The van der Waals surface area contributed by atoms with Crippen LogP contribution < -0.4 is 5.73 Å². The summed E-state index contributed by atoms with van der Waals surface area (Å²) < 4.78 is 13.6. The summed E-state index contributed by atoms with van der Waals surface area (Å²) in [6, 6.07) is 4.97. The van der Waals surface area contributed by atoms with Crippen LogP contribution >= 0.6 is 0 Å². The maximum atomic E-state index is 13.6. The first-order valence-corrected chi connectivity index (χ1v) is 5.10. The second-order valence-corrected chi connectivity index (χ2v) is 3.94. The van der Waals surface area contributed by atoms with Gasteiger partial charge in [-0.05, 0) is 24.0 Å². The first-order chi connectivity index (χ1) is 6.57. The fourth-order valence-electron chi connectivity index (χ4n) is 1.60. The van der Waals surface area contributed by atoms with Gasteiger partial charge in [0.1, 0.15) is 5.82 Å². The van der Waals surface area contributed by atoms with Crippen LogP contribution in [0.15, 0.2) is 18.2 Å². The van der Waals surface area contributed by atoms with E-state index in [0.29, 0.717) is 5.56 Å². The number of halogens is 1. The maximum Gasteiger partial charge on any atom is 0.128 e. The lowest BCUT2D eigenvalue weighted by Crippen LogP contribution is -2.20. The van der Waals surface area contributed by atoms with Crippen molar-refractivity contribution in [2.24, 2.45) is 11.7 Å². The summed E-state index contributed by atoms with van der Waals surface area (Å²) in [5, 5.41) is 0. The molecule has 0 aliphatic rings. The molecule has 1 nitrogen and oxygen atoms in total. The van der Waals surface area contributed by atoms with Crippen LogP contribution in [-0.2, 0) is 6.42 Å². The molecule has 78 valence electrons. The Morgan fingerprint density at radius 3 is 2.50 bits per heavy atom. The van der Waals surface area contributed by atoms with E-state index in [1.807, 2.05) is 26.8 Å². The van der Waals surface area contributed by atoms with Gasteiger partial charge in [-0.15, -0.1) is 0 Å². The third kappa shape index (κ3) is 2.13. The molecule has 14 heavy (non-hydrogen) atoms. The van der Waals surface area contributed by atoms with E-state index < -0.39 is 0 Å². The molecule has 0 bridgehead atoms.